The normalized spacial score (nSPS) is 15.7. The molecule has 0 radical (unpaired) electrons. The maximum atomic E-state index is 13.9. The van der Waals surface area contributed by atoms with E-state index in [1.165, 1.54) is 0 Å². The van der Waals surface area contributed by atoms with E-state index < -0.39 is 26.5 Å². The van der Waals surface area contributed by atoms with Crippen LogP contribution >= 0.6 is 0 Å². The average molecular weight is 274 g/mol. The molecule has 1 aliphatic rings. The van der Waals surface area contributed by atoms with Crippen LogP contribution in [0, 0.1) is 21.8 Å². The fourth-order valence-electron chi connectivity index (χ4n) is 1.80. The van der Waals surface area contributed by atoms with Crippen LogP contribution in [0.2, 0.25) is 0 Å². The maximum Gasteiger partial charge on any atom is 0.305 e. The third-order valence-electron chi connectivity index (χ3n) is 2.87. The number of rotatable bonds is 4. The first-order chi connectivity index (χ1) is 8.30. The molecule has 0 amide bonds. The zero-order valence-corrected chi connectivity index (χ0v) is 10.1. The van der Waals surface area contributed by atoms with Crippen molar-refractivity contribution >= 4 is 15.7 Å². The Labute approximate surface area is 103 Å². The van der Waals surface area contributed by atoms with Gasteiger partial charge in [0.2, 0.25) is 15.8 Å². The predicted octanol–water partition coefficient (Wildman–Crippen LogP) is 1.33. The Kier molecular flexibility index (Phi) is 3.07. The van der Waals surface area contributed by atoms with E-state index in [0.717, 1.165) is 25.0 Å². The molecule has 98 valence electrons. The number of benzene rings is 1. The highest BCUT2D eigenvalue weighted by Gasteiger charge is 2.30. The molecule has 0 atom stereocenters. The van der Waals surface area contributed by atoms with Crippen LogP contribution in [0.15, 0.2) is 17.0 Å². The zero-order chi connectivity index (χ0) is 13.5. The Hall–Kier alpha value is -1.54. The van der Waals surface area contributed by atoms with Gasteiger partial charge in [-0.15, -0.1) is 0 Å². The Morgan fingerprint density at radius 3 is 2.50 bits per heavy atom. The second-order valence-electron chi connectivity index (χ2n) is 4.32. The van der Waals surface area contributed by atoms with E-state index in [2.05, 4.69) is 0 Å². The first-order valence-corrected chi connectivity index (χ1v) is 6.84. The lowest BCUT2D eigenvalue weighted by Crippen LogP contribution is -2.16. The highest BCUT2D eigenvalue weighted by Crippen LogP contribution is 2.36. The van der Waals surface area contributed by atoms with Crippen molar-refractivity contribution in [2.24, 2.45) is 11.1 Å². The molecule has 1 aliphatic carbocycles. The third kappa shape index (κ3) is 2.49. The monoisotopic (exact) mass is 274 g/mol. The molecule has 2 N–H and O–H groups in total. The molecular formula is C10H11FN2O4S. The summed E-state index contributed by atoms with van der Waals surface area (Å²) in [6.07, 6.45) is 1.90. The van der Waals surface area contributed by atoms with Gasteiger partial charge in [0.1, 0.15) is 0 Å². The summed E-state index contributed by atoms with van der Waals surface area (Å²) in [7, 11) is -4.08. The van der Waals surface area contributed by atoms with Gasteiger partial charge in [-0.3, -0.25) is 10.1 Å². The fourth-order valence-corrected chi connectivity index (χ4v) is 2.57. The van der Waals surface area contributed by atoms with Crippen LogP contribution in [0.5, 0.6) is 0 Å². The van der Waals surface area contributed by atoms with Crippen molar-refractivity contribution in [2.75, 3.05) is 0 Å². The van der Waals surface area contributed by atoms with Crippen LogP contribution in [0.1, 0.15) is 18.4 Å². The van der Waals surface area contributed by atoms with Crippen molar-refractivity contribution in [1.29, 1.82) is 0 Å². The number of sulfonamides is 1. The first-order valence-electron chi connectivity index (χ1n) is 5.29. The largest absolute Gasteiger partial charge is 0.305 e. The van der Waals surface area contributed by atoms with Crippen molar-refractivity contribution in [1.82, 2.24) is 0 Å². The Bertz CT molecular complexity index is 611. The predicted molar refractivity (Wildman–Crippen MR) is 60.9 cm³/mol. The molecule has 0 saturated heterocycles. The van der Waals surface area contributed by atoms with Gasteiger partial charge in [-0.05, 0) is 31.2 Å². The van der Waals surface area contributed by atoms with Gasteiger partial charge in [0.15, 0.2) is 0 Å². The van der Waals surface area contributed by atoms with Crippen LogP contribution in [-0.2, 0) is 16.4 Å². The van der Waals surface area contributed by atoms with Crippen molar-refractivity contribution in [3.63, 3.8) is 0 Å². The van der Waals surface area contributed by atoms with E-state index in [0.29, 0.717) is 0 Å². The molecule has 0 aliphatic heterocycles. The topological polar surface area (TPSA) is 103 Å². The van der Waals surface area contributed by atoms with E-state index in [9.17, 15) is 22.9 Å². The highest BCUT2D eigenvalue weighted by molar-refractivity contribution is 7.89. The van der Waals surface area contributed by atoms with Crippen LogP contribution in [0.3, 0.4) is 0 Å². The van der Waals surface area contributed by atoms with Crippen molar-refractivity contribution in [2.45, 2.75) is 24.2 Å². The number of primary sulfonamides is 1. The number of nitrogens with two attached hydrogens (primary N) is 1. The second kappa shape index (κ2) is 4.29. The van der Waals surface area contributed by atoms with Gasteiger partial charge in [0, 0.05) is 11.6 Å². The minimum absolute atomic E-state index is 0.166. The molecule has 1 saturated carbocycles. The quantitative estimate of drug-likeness (QED) is 0.660. The Morgan fingerprint density at radius 1 is 1.44 bits per heavy atom. The summed E-state index contributed by atoms with van der Waals surface area (Å²) in [5, 5.41) is 15.6. The number of hydrogen-bond acceptors (Lipinski definition) is 4. The lowest BCUT2D eigenvalue weighted by atomic mass is 10.1. The molecule has 0 aromatic heterocycles. The molecule has 18 heavy (non-hydrogen) atoms. The molecule has 6 nitrogen and oxygen atoms in total. The highest BCUT2D eigenvalue weighted by atomic mass is 32.2. The second-order valence-corrected chi connectivity index (χ2v) is 5.85. The summed E-state index contributed by atoms with van der Waals surface area (Å²) < 4.78 is 36.6. The van der Waals surface area contributed by atoms with Gasteiger partial charge in [0.25, 0.3) is 0 Å². The molecule has 0 heterocycles. The molecule has 0 unspecified atom stereocenters. The Balaban J connectivity index is 2.60. The van der Waals surface area contributed by atoms with Crippen LogP contribution in [-0.4, -0.2) is 13.3 Å². The van der Waals surface area contributed by atoms with Crippen LogP contribution in [0.25, 0.3) is 0 Å². The lowest BCUT2D eigenvalue weighted by molar-refractivity contribution is -0.387. The fraction of sp³-hybridized carbons (Fsp3) is 0.400. The molecule has 1 aromatic carbocycles. The number of nitro benzene ring substituents is 1. The molecular weight excluding hydrogens is 263 g/mol. The van der Waals surface area contributed by atoms with Gasteiger partial charge >= 0.3 is 5.69 Å². The molecule has 0 spiro atoms. The summed E-state index contributed by atoms with van der Waals surface area (Å²) >= 11 is 0. The summed E-state index contributed by atoms with van der Waals surface area (Å²) in [5.41, 5.74) is -0.896. The lowest BCUT2D eigenvalue weighted by Gasteiger charge is -2.08. The third-order valence-corrected chi connectivity index (χ3v) is 3.87. The van der Waals surface area contributed by atoms with Gasteiger partial charge in [-0.2, -0.15) is 4.39 Å². The number of hydrogen-bond donors (Lipinski definition) is 1. The molecule has 8 heteroatoms. The smallest absolute Gasteiger partial charge is 0.258 e. The summed E-state index contributed by atoms with van der Waals surface area (Å²) in [6, 6.07) is 1.82. The number of nitro groups is 1. The minimum Gasteiger partial charge on any atom is -0.258 e. The summed E-state index contributed by atoms with van der Waals surface area (Å²) in [4.78, 5) is 9.38. The van der Waals surface area contributed by atoms with Gasteiger partial charge in [-0.1, -0.05) is 0 Å². The van der Waals surface area contributed by atoms with E-state index in [4.69, 9.17) is 5.14 Å². The SMILES string of the molecule is NS(=O)(=O)c1ccc([N+](=O)[O-])c(F)c1CC1CC1. The maximum absolute atomic E-state index is 13.9. The summed E-state index contributed by atoms with van der Waals surface area (Å²) in [5.74, 6) is -0.916. The van der Waals surface area contributed by atoms with Crippen molar-refractivity contribution in [3.8, 4) is 0 Å². The number of nitrogens with zero attached hydrogens (tertiary/aromatic N) is 1. The van der Waals surface area contributed by atoms with E-state index >= 15 is 0 Å². The minimum atomic E-state index is -4.08. The van der Waals surface area contributed by atoms with E-state index in [-0.39, 0.29) is 22.8 Å². The molecule has 1 fully saturated rings. The molecule has 1 aromatic rings. The van der Waals surface area contributed by atoms with Crippen molar-refractivity contribution < 1.29 is 17.7 Å². The standard InChI is InChI=1S/C10H11FN2O4S/c11-10-7(5-6-1-2-6)9(18(12,16)17)4-3-8(10)13(14)15/h3-4,6H,1-2,5H2,(H2,12,16,17). The molecule has 0 bridgehead atoms. The van der Waals surface area contributed by atoms with Gasteiger partial charge in [0.05, 0.1) is 9.82 Å². The number of halogens is 1. The van der Waals surface area contributed by atoms with E-state index in [1.54, 1.807) is 0 Å². The van der Waals surface area contributed by atoms with Gasteiger partial charge < -0.3 is 0 Å². The van der Waals surface area contributed by atoms with Crippen LogP contribution < -0.4 is 5.14 Å². The van der Waals surface area contributed by atoms with Crippen molar-refractivity contribution in [3.05, 3.63) is 33.6 Å². The van der Waals surface area contributed by atoms with Crippen LogP contribution in [0.4, 0.5) is 10.1 Å². The summed E-state index contributed by atoms with van der Waals surface area (Å²) in [6.45, 7) is 0. The average Bonchev–Trinajstić information content (AvgIpc) is 3.02. The molecule has 2 rings (SSSR count). The Morgan fingerprint density at radius 2 is 2.06 bits per heavy atom. The zero-order valence-electron chi connectivity index (χ0n) is 9.30. The van der Waals surface area contributed by atoms with Gasteiger partial charge in [-0.25, -0.2) is 13.6 Å². The first kappa shape index (κ1) is 12.9. The van der Waals surface area contributed by atoms with E-state index in [1.807, 2.05) is 0 Å².